The van der Waals surface area contributed by atoms with E-state index in [2.05, 4.69) is 11.4 Å². The van der Waals surface area contributed by atoms with Crippen LogP contribution in [0.4, 0.5) is 11.4 Å². The summed E-state index contributed by atoms with van der Waals surface area (Å²) >= 11 is 0. The van der Waals surface area contributed by atoms with Crippen LogP contribution in [-0.4, -0.2) is 18.4 Å². The number of aryl methyl sites for hydroxylation is 4. The first-order chi connectivity index (χ1) is 16.3. The van der Waals surface area contributed by atoms with Gasteiger partial charge in [0, 0.05) is 5.69 Å². The molecule has 5 heteroatoms. The van der Waals surface area contributed by atoms with Gasteiger partial charge in [0.2, 0.25) is 0 Å². The first kappa shape index (κ1) is 23.3. The maximum Gasteiger partial charge on any atom is 0.282 e. The van der Waals surface area contributed by atoms with Gasteiger partial charge in [-0.2, -0.15) is 0 Å². The van der Waals surface area contributed by atoms with Crippen molar-refractivity contribution in [3.63, 3.8) is 0 Å². The van der Waals surface area contributed by atoms with Crippen molar-refractivity contribution in [2.45, 2.75) is 41.0 Å². The Labute approximate surface area is 201 Å². The third-order valence-electron chi connectivity index (χ3n) is 5.94. The minimum absolute atomic E-state index is 0.274. The van der Waals surface area contributed by atoms with E-state index >= 15 is 0 Å². The number of amides is 2. The van der Waals surface area contributed by atoms with Crippen LogP contribution in [0, 0.1) is 27.7 Å². The van der Waals surface area contributed by atoms with Gasteiger partial charge in [-0.25, -0.2) is 4.90 Å². The highest BCUT2D eigenvalue weighted by Crippen LogP contribution is 2.35. The van der Waals surface area contributed by atoms with Gasteiger partial charge in [0.15, 0.2) is 0 Å². The molecule has 0 atom stereocenters. The number of imide groups is 1. The quantitative estimate of drug-likeness (QED) is 0.438. The summed E-state index contributed by atoms with van der Waals surface area (Å²) < 4.78 is 5.69. The van der Waals surface area contributed by atoms with E-state index in [1.54, 1.807) is 0 Å². The number of carbonyl (C=O) groups is 2. The Bertz CT molecular complexity index is 1270. The molecule has 0 unspecified atom stereocenters. The van der Waals surface area contributed by atoms with Crippen LogP contribution in [-0.2, 0) is 9.59 Å². The number of ether oxygens (including phenoxy) is 1. The number of anilines is 2. The molecule has 0 saturated carbocycles. The highest BCUT2D eigenvalue weighted by Gasteiger charge is 2.40. The predicted octanol–water partition coefficient (Wildman–Crippen LogP) is 6.11. The molecule has 0 saturated heterocycles. The molecular formula is C29H30N2O3. The summed E-state index contributed by atoms with van der Waals surface area (Å²) in [5.41, 5.74) is 6.90. The Kier molecular flexibility index (Phi) is 6.55. The Morgan fingerprint density at radius 2 is 1.47 bits per heavy atom. The molecule has 3 aromatic carbocycles. The third kappa shape index (κ3) is 4.60. The molecule has 174 valence electrons. The van der Waals surface area contributed by atoms with Crippen molar-refractivity contribution in [2.24, 2.45) is 0 Å². The van der Waals surface area contributed by atoms with Gasteiger partial charge in [-0.05, 0) is 98.3 Å². The van der Waals surface area contributed by atoms with Crippen LogP contribution in [0.2, 0.25) is 0 Å². The molecule has 0 aromatic heterocycles. The van der Waals surface area contributed by atoms with Crippen LogP contribution in [0.15, 0.2) is 66.4 Å². The standard InChI is InChI=1S/C29H30N2O3/c1-6-13-34-25-11-8-22(9-12-25)26-27(30-23-15-18(2)14-19(3)16-23)29(33)31(28(26)32)24-10-7-20(4)21(5)17-24/h7-12,14-17,30H,6,13H2,1-5H3. The molecular weight excluding hydrogens is 424 g/mol. The Balaban J connectivity index is 1.79. The van der Waals surface area contributed by atoms with Crippen LogP contribution in [0.3, 0.4) is 0 Å². The Morgan fingerprint density at radius 1 is 0.794 bits per heavy atom. The minimum Gasteiger partial charge on any atom is -0.494 e. The van der Waals surface area contributed by atoms with E-state index in [1.165, 1.54) is 4.90 Å². The molecule has 5 nitrogen and oxygen atoms in total. The van der Waals surface area contributed by atoms with E-state index in [-0.39, 0.29) is 17.5 Å². The lowest BCUT2D eigenvalue weighted by Gasteiger charge is -2.17. The summed E-state index contributed by atoms with van der Waals surface area (Å²) in [5, 5.41) is 3.26. The fourth-order valence-corrected chi connectivity index (χ4v) is 4.14. The second kappa shape index (κ2) is 9.56. The smallest absolute Gasteiger partial charge is 0.282 e. The molecule has 1 aliphatic rings. The first-order valence-electron chi connectivity index (χ1n) is 11.6. The fourth-order valence-electron chi connectivity index (χ4n) is 4.14. The number of benzene rings is 3. The molecule has 0 aliphatic carbocycles. The SMILES string of the molecule is CCCOc1ccc(C2=C(Nc3cc(C)cc(C)c3)C(=O)N(c3ccc(C)c(C)c3)C2=O)cc1. The van der Waals surface area contributed by atoms with Gasteiger partial charge in [0.25, 0.3) is 11.8 Å². The summed E-state index contributed by atoms with van der Waals surface area (Å²) in [4.78, 5) is 28.6. The highest BCUT2D eigenvalue weighted by atomic mass is 16.5. The predicted molar refractivity (Wildman–Crippen MR) is 137 cm³/mol. The Morgan fingerprint density at radius 3 is 2.09 bits per heavy atom. The molecule has 1 aliphatic heterocycles. The Hall–Kier alpha value is -3.86. The van der Waals surface area contributed by atoms with Crippen molar-refractivity contribution in [1.29, 1.82) is 0 Å². The number of hydrogen-bond acceptors (Lipinski definition) is 4. The monoisotopic (exact) mass is 454 g/mol. The number of nitrogens with one attached hydrogen (secondary N) is 1. The molecule has 1 N–H and O–H groups in total. The summed E-state index contributed by atoms with van der Waals surface area (Å²) in [5.74, 6) is 0.0221. The van der Waals surface area contributed by atoms with Crippen LogP contribution in [0.25, 0.3) is 5.57 Å². The highest BCUT2D eigenvalue weighted by molar-refractivity contribution is 6.46. The van der Waals surface area contributed by atoms with E-state index in [9.17, 15) is 9.59 Å². The zero-order valence-corrected chi connectivity index (χ0v) is 20.4. The van der Waals surface area contributed by atoms with Crippen molar-refractivity contribution >= 4 is 28.8 Å². The second-order valence-corrected chi connectivity index (χ2v) is 8.84. The molecule has 2 amide bonds. The molecule has 3 aromatic rings. The second-order valence-electron chi connectivity index (χ2n) is 8.84. The minimum atomic E-state index is -0.367. The number of rotatable bonds is 7. The number of nitrogens with zero attached hydrogens (tertiary/aromatic N) is 1. The van der Waals surface area contributed by atoms with Crippen LogP contribution in [0.5, 0.6) is 5.75 Å². The summed E-state index contributed by atoms with van der Waals surface area (Å²) in [7, 11) is 0. The van der Waals surface area contributed by atoms with Gasteiger partial charge in [-0.1, -0.05) is 31.2 Å². The largest absolute Gasteiger partial charge is 0.494 e. The van der Waals surface area contributed by atoms with E-state index in [1.807, 2.05) is 89.2 Å². The molecule has 0 spiro atoms. The molecule has 4 rings (SSSR count). The molecule has 0 bridgehead atoms. The molecule has 0 radical (unpaired) electrons. The van der Waals surface area contributed by atoms with E-state index in [0.29, 0.717) is 23.4 Å². The fraction of sp³-hybridized carbons (Fsp3) is 0.241. The third-order valence-corrected chi connectivity index (χ3v) is 5.94. The lowest BCUT2D eigenvalue weighted by atomic mass is 10.0. The zero-order valence-electron chi connectivity index (χ0n) is 20.4. The van der Waals surface area contributed by atoms with Gasteiger partial charge in [0.1, 0.15) is 11.4 Å². The van der Waals surface area contributed by atoms with E-state index in [0.717, 1.165) is 40.1 Å². The number of carbonyl (C=O) groups excluding carboxylic acids is 2. The van der Waals surface area contributed by atoms with Crippen molar-refractivity contribution in [1.82, 2.24) is 0 Å². The van der Waals surface area contributed by atoms with Gasteiger partial charge >= 0.3 is 0 Å². The van der Waals surface area contributed by atoms with Gasteiger partial charge in [-0.3, -0.25) is 9.59 Å². The lowest BCUT2D eigenvalue weighted by Crippen LogP contribution is -2.32. The van der Waals surface area contributed by atoms with E-state index < -0.39 is 0 Å². The summed E-state index contributed by atoms with van der Waals surface area (Å²) in [6.45, 7) is 10.7. The summed E-state index contributed by atoms with van der Waals surface area (Å²) in [6, 6.07) is 19.0. The molecule has 0 fully saturated rings. The van der Waals surface area contributed by atoms with E-state index in [4.69, 9.17) is 4.74 Å². The van der Waals surface area contributed by atoms with Crippen LogP contribution < -0.4 is 15.0 Å². The van der Waals surface area contributed by atoms with Crippen molar-refractivity contribution in [3.05, 3.63) is 94.2 Å². The molecule has 1 heterocycles. The van der Waals surface area contributed by atoms with Crippen molar-refractivity contribution < 1.29 is 14.3 Å². The lowest BCUT2D eigenvalue weighted by molar-refractivity contribution is -0.120. The van der Waals surface area contributed by atoms with Crippen molar-refractivity contribution in [3.8, 4) is 5.75 Å². The van der Waals surface area contributed by atoms with Crippen LogP contribution in [0.1, 0.15) is 41.2 Å². The van der Waals surface area contributed by atoms with Gasteiger partial charge in [0.05, 0.1) is 17.9 Å². The normalized spacial score (nSPS) is 13.6. The maximum absolute atomic E-state index is 13.7. The first-order valence-corrected chi connectivity index (χ1v) is 11.6. The average molecular weight is 455 g/mol. The zero-order chi connectivity index (χ0) is 24.4. The topological polar surface area (TPSA) is 58.6 Å². The summed E-state index contributed by atoms with van der Waals surface area (Å²) in [6.07, 6.45) is 0.912. The van der Waals surface area contributed by atoms with Crippen LogP contribution >= 0.6 is 0 Å². The maximum atomic E-state index is 13.7. The average Bonchev–Trinajstić information content (AvgIpc) is 3.03. The van der Waals surface area contributed by atoms with Gasteiger partial charge < -0.3 is 10.1 Å². The number of hydrogen-bond donors (Lipinski definition) is 1. The van der Waals surface area contributed by atoms with Crippen molar-refractivity contribution in [2.75, 3.05) is 16.8 Å². The molecule has 34 heavy (non-hydrogen) atoms. The van der Waals surface area contributed by atoms with Gasteiger partial charge in [-0.15, -0.1) is 0 Å².